The van der Waals surface area contributed by atoms with Gasteiger partial charge in [0.2, 0.25) is 0 Å². The smallest absolute Gasteiger partial charge is 0.0683 e. The number of ether oxygens (including phenoxy) is 1. The van der Waals surface area contributed by atoms with Crippen LogP contribution in [0.1, 0.15) is 30.5 Å². The van der Waals surface area contributed by atoms with Crippen molar-refractivity contribution in [1.29, 1.82) is 0 Å². The molecule has 0 saturated carbocycles. The van der Waals surface area contributed by atoms with Crippen molar-refractivity contribution in [2.75, 3.05) is 13.7 Å². The number of hydrogen-bond donors (Lipinski definition) is 1. The van der Waals surface area contributed by atoms with Gasteiger partial charge in [-0.2, -0.15) is 0 Å². The first-order valence-electron chi connectivity index (χ1n) is 7.55. The number of rotatable bonds is 7. The van der Waals surface area contributed by atoms with Crippen molar-refractivity contribution in [1.82, 2.24) is 5.32 Å². The van der Waals surface area contributed by atoms with Gasteiger partial charge in [0.1, 0.15) is 0 Å². The highest BCUT2D eigenvalue weighted by molar-refractivity contribution is 5.26. The molecule has 1 unspecified atom stereocenters. The van der Waals surface area contributed by atoms with E-state index in [0.29, 0.717) is 6.61 Å². The number of methoxy groups -OCH3 is 1. The second kappa shape index (κ2) is 7.39. The largest absolute Gasteiger partial charge is 0.382 e. The summed E-state index contributed by atoms with van der Waals surface area (Å²) in [6.45, 7) is 5.84. The van der Waals surface area contributed by atoms with E-state index in [-0.39, 0.29) is 5.54 Å². The van der Waals surface area contributed by atoms with Gasteiger partial charge >= 0.3 is 0 Å². The summed E-state index contributed by atoms with van der Waals surface area (Å²) in [7, 11) is 1.75. The predicted octanol–water partition coefficient (Wildman–Crippen LogP) is 3.90. The van der Waals surface area contributed by atoms with Gasteiger partial charge in [-0.15, -0.1) is 0 Å². The van der Waals surface area contributed by atoms with Crippen LogP contribution in [0.25, 0.3) is 0 Å². The second-order valence-electron chi connectivity index (χ2n) is 5.65. The molecule has 2 heteroatoms. The van der Waals surface area contributed by atoms with Crippen LogP contribution in [0.3, 0.4) is 0 Å². The first kappa shape index (κ1) is 15.7. The summed E-state index contributed by atoms with van der Waals surface area (Å²) in [6, 6.07) is 19.3. The maximum atomic E-state index is 5.42. The van der Waals surface area contributed by atoms with E-state index in [0.717, 1.165) is 13.0 Å². The van der Waals surface area contributed by atoms with Gasteiger partial charge in [-0.05, 0) is 30.0 Å². The molecule has 0 aromatic heterocycles. The Balaban J connectivity index is 2.09. The summed E-state index contributed by atoms with van der Waals surface area (Å²) in [5, 5.41) is 3.64. The molecule has 0 aliphatic heterocycles. The van der Waals surface area contributed by atoms with Crippen molar-refractivity contribution < 1.29 is 4.74 Å². The van der Waals surface area contributed by atoms with Crippen LogP contribution in [0.5, 0.6) is 0 Å². The number of aryl methyl sites for hydroxylation is 1. The number of hydrogen-bond acceptors (Lipinski definition) is 2. The molecule has 112 valence electrons. The maximum Gasteiger partial charge on any atom is 0.0683 e. The van der Waals surface area contributed by atoms with E-state index in [1.54, 1.807) is 7.11 Å². The van der Waals surface area contributed by atoms with Crippen LogP contribution < -0.4 is 5.32 Å². The Kier molecular flexibility index (Phi) is 5.54. The minimum absolute atomic E-state index is 0.181. The van der Waals surface area contributed by atoms with Gasteiger partial charge in [-0.25, -0.2) is 0 Å². The normalized spacial score (nSPS) is 13.9. The molecule has 0 aliphatic carbocycles. The Morgan fingerprint density at radius 3 is 2.14 bits per heavy atom. The van der Waals surface area contributed by atoms with Crippen molar-refractivity contribution in [2.45, 2.75) is 32.4 Å². The molecule has 0 saturated heterocycles. The van der Waals surface area contributed by atoms with Crippen molar-refractivity contribution in [3.8, 4) is 0 Å². The Morgan fingerprint density at radius 2 is 1.57 bits per heavy atom. The van der Waals surface area contributed by atoms with E-state index >= 15 is 0 Å². The van der Waals surface area contributed by atoms with E-state index in [4.69, 9.17) is 4.74 Å². The lowest BCUT2D eigenvalue weighted by atomic mass is 9.92. The molecule has 2 aromatic carbocycles. The monoisotopic (exact) mass is 283 g/mol. The molecule has 0 spiro atoms. The quantitative estimate of drug-likeness (QED) is 0.832. The molecule has 2 rings (SSSR count). The number of nitrogens with one attached hydrogen (secondary N) is 1. The molecule has 0 fully saturated rings. The van der Waals surface area contributed by atoms with Gasteiger partial charge in [0, 0.05) is 13.7 Å². The minimum atomic E-state index is -0.181. The van der Waals surface area contributed by atoms with Gasteiger partial charge in [0.05, 0.1) is 12.1 Å². The molecule has 0 bridgehead atoms. The summed E-state index contributed by atoms with van der Waals surface area (Å²) >= 11 is 0. The van der Waals surface area contributed by atoms with Crippen LogP contribution in [-0.4, -0.2) is 13.7 Å². The van der Waals surface area contributed by atoms with E-state index < -0.39 is 0 Å². The summed E-state index contributed by atoms with van der Waals surface area (Å²) in [4.78, 5) is 0. The molecular weight excluding hydrogens is 258 g/mol. The summed E-state index contributed by atoms with van der Waals surface area (Å²) < 4.78 is 5.42. The second-order valence-corrected chi connectivity index (χ2v) is 5.65. The van der Waals surface area contributed by atoms with Crippen molar-refractivity contribution in [3.05, 3.63) is 71.3 Å². The van der Waals surface area contributed by atoms with Crippen LogP contribution in [0.15, 0.2) is 54.6 Å². The SMILES string of the molecule is CCc1ccc(CNC(C)(COC)c2ccccc2)cc1. The predicted molar refractivity (Wildman–Crippen MR) is 88.3 cm³/mol. The van der Waals surface area contributed by atoms with E-state index in [2.05, 4.69) is 67.7 Å². The lowest BCUT2D eigenvalue weighted by molar-refractivity contribution is 0.117. The third-order valence-corrected chi connectivity index (χ3v) is 3.96. The van der Waals surface area contributed by atoms with Crippen LogP contribution >= 0.6 is 0 Å². The Bertz CT molecular complexity index is 535. The first-order chi connectivity index (χ1) is 10.2. The molecule has 0 radical (unpaired) electrons. The number of benzene rings is 2. The topological polar surface area (TPSA) is 21.3 Å². The maximum absolute atomic E-state index is 5.42. The molecule has 0 amide bonds. The van der Waals surface area contributed by atoms with Crippen molar-refractivity contribution in [2.24, 2.45) is 0 Å². The molecule has 2 aromatic rings. The third-order valence-electron chi connectivity index (χ3n) is 3.96. The van der Waals surface area contributed by atoms with Gasteiger partial charge in [-0.1, -0.05) is 61.5 Å². The van der Waals surface area contributed by atoms with Crippen LogP contribution in [0.4, 0.5) is 0 Å². The van der Waals surface area contributed by atoms with Gasteiger partial charge in [-0.3, -0.25) is 0 Å². The third kappa shape index (κ3) is 4.16. The molecule has 2 nitrogen and oxygen atoms in total. The van der Waals surface area contributed by atoms with E-state index in [9.17, 15) is 0 Å². The average molecular weight is 283 g/mol. The average Bonchev–Trinajstić information content (AvgIpc) is 2.54. The van der Waals surface area contributed by atoms with E-state index in [1.807, 2.05) is 6.07 Å². The van der Waals surface area contributed by atoms with Crippen molar-refractivity contribution >= 4 is 0 Å². The van der Waals surface area contributed by atoms with Crippen molar-refractivity contribution in [3.63, 3.8) is 0 Å². The van der Waals surface area contributed by atoms with Gasteiger partial charge in [0.25, 0.3) is 0 Å². The molecule has 1 atom stereocenters. The minimum Gasteiger partial charge on any atom is -0.382 e. The Labute approximate surface area is 128 Å². The standard InChI is InChI=1S/C19H25NO/c1-4-16-10-12-17(13-11-16)14-20-19(2,15-21-3)18-8-6-5-7-9-18/h5-13,20H,4,14-15H2,1-3H3. The lowest BCUT2D eigenvalue weighted by Gasteiger charge is -2.31. The molecule has 1 N–H and O–H groups in total. The summed E-state index contributed by atoms with van der Waals surface area (Å²) in [5.74, 6) is 0. The fourth-order valence-corrected chi connectivity index (χ4v) is 2.52. The zero-order valence-electron chi connectivity index (χ0n) is 13.2. The summed E-state index contributed by atoms with van der Waals surface area (Å²) in [6.07, 6.45) is 1.08. The Hall–Kier alpha value is -1.64. The zero-order chi connectivity index (χ0) is 15.1. The van der Waals surface area contributed by atoms with Crippen LogP contribution in [0.2, 0.25) is 0 Å². The highest BCUT2D eigenvalue weighted by Crippen LogP contribution is 2.21. The Morgan fingerprint density at radius 1 is 0.952 bits per heavy atom. The first-order valence-corrected chi connectivity index (χ1v) is 7.55. The fraction of sp³-hybridized carbons (Fsp3) is 0.368. The molecule has 0 heterocycles. The fourth-order valence-electron chi connectivity index (χ4n) is 2.52. The lowest BCUT2D eigenvalue weighted by Crippen LogP contribution is -2.43. The molecule has 21 heavy (non-hydrogen) atoms. The molecule has 0 aliphatic rings. The van der Waals surface area contributed by atoms with Gasteiger partial charge < -0.3 is 10.1 Å². The van der Waals surface area contributed by atoms with Crippen LogP contribution in [0, 0.1) is 0 Å². The highest BCUT2D eigenvalue weighted by atomic mass is 16.5. The van der Waals surface area contributed by atoms with Crippen LogP contribution in [-0.2, 0) is 23.2 Å². The van der Waals surface area contributed by atoms with E-state index in [1.165, 1.54) is 16.7 Å². The summed E-state index contributed by atoms with van der Waals surface area (Å²) in [5.41, 5.74) is 3.74. The molecular formula is C19H25NO. The zero-order valence-corrected chi connectivity index (χ0v) is 13.2. The van der Waals surface area contributed by atoms with Gasteiger partial charge in [0.15, 0.2) is 0 Å². The highest BCUT2D eigenvalue weighted by Gasteiger charge is 2.25.